The minimum absolute atomic E-state index is 0.745. The molecule has 0 atom stereocenters. The molecule has 4 heteroatoms. The van der Waals surface area contributed by atoms with Crippen LogP contribution in [0.15, 0.2) is 18.5 Å². The van der Waals surface area contributed by atoms with Crippen LogP contribution in [0.3, 0.4) is 0 Å². The highest BCUT2D eigenvalue weighted by Gasteiger charge is 1.92. The molecule has 1 heterocycles. The van der Waals surface area contributed by atoms with Gasteiger partial charge in [-0.25, -0.2) is 9.97 Å². The molecule has 0 bridgehead atoms. The van der Waals surface area contributed by atoms with Crippen LogP contribution in [0.2, 0.25) is 0 Å². The molecular weight excluding hydrogens is 176 g/mol. The lowest BCUT2D eigenvalue weighted by Gasteiger charge is -2.04. The highest BCUT2D eigenvalue weighted by atomic mass is 15.0. The lowest BCUT2D eigenvalue weighted by molar-refractivity contribution is 0.596. The van der Waals surface area contributed by atoms with Gasteiger partial charge in [-0.2, -0.15) is 0 Å². The zero-order valence-electron chi connectivity index (χ0n) is 8.66. The van der Waals surface area contributed by atoms with Crippen molar-refractivity contribution in [3.05, 3.63) is 24.3 Å². The van der Waals surface area contributed by atoms with Crippen LogP contribution in [-0.4, -0.2) is 29.6 Å². The topological polar surface area (TPSA) is 49.8 Å². The van der Waals surface area contributed by atoms with E-state index < -0.39 is 0 Å². The molecule has 0 saturated heterocycles. The first-order chi connectivity index (χ1) is 6.93. The molecule has 0 aliphatic rings. The van der Waals surface area contributed by atoms with Gasteiger partial charge in [-0.15, -0.1) is 0 Å². The minimum atomic E-state index is 0.745. The summed E-state index contributed by atoms with van der Waals surface area (Å²) in [7, 11) is 0. The zero-order chi connectivity index (χ0) is 10.1. The van der Waals surface area contributed by atoms with E-state index in [4.69, 9.17) is 0 Å². The van der Waals surface area contributed by atoms with E-state index in [1.54, 1.807) is 12.4 Å². The molecule has 0 fully saturated rings. The van der Waals surface area contributed by atoms with E-state index in [0.29, 0.717) is 0 Å². The number of aromatic nitrogens is 2. The Balaban J connectivity index is 1.99. The average molecular weight is 194 g/mol. The van der Waals surface area contributed by atoms with Gasteiger partial charge in [0.25, 0.3) is 0 Å². The van der Waals surface area contributed by atoms with E-state index in [2.05, 4.69) is 27.5 Å². The van der Waals surface area contributed by atoms with Gasteiger partial charge in [-0.05, 0) is 19.0 Å². The molecule has 78 valence electrons. The van der Waals surface area contributed by atoms with Gasteiger partial charge in [0.15, 0.2) is 0 Å². The third-order valence-electron chi connectivity index (χ3n) is 1.81. The maximum Gasteiger partial charge on any atom is 0.141 e. The Morgan fingerprint density at radius 2 is 1.79 bits per heavy atom. The van der Waals surface area contributed by atoms with Gasteiger partial charge in [-0.3, -0.25) is 0 Å². The molecule has 2 N–H and O–H groups in total. The fourth-order valence-corrected chi connectivity index (χ4v) is 1.10. The summed E-state index contributed by atoms with van der Waals surface area (Å²) in [6.45, 7) is 5.95. The van der Waals surface area contributed by atoms with Crippen molar-refractivity contribution in [2.24, 2.45) is 0 Å². The number of nitrogens with one attached hydrogen (secondary N) is 2. The maximum absolute atomic E-state index is 4.12. The molecular formula is C10H18N4. The van der Waals surface area contributed by atoms with Crippen molar-refractivity contribution in [2.45, 2.75) is 19.9 Å². The standard InChI is InChI=1S/C10H18N4/c1-2-4-11-7-8-12-9-10-13-5-3-6-14-10/h3,5-6,11-12H,2,4,7-9H2,1H3. The first-order valence-corrected chi connectivity index (χ1v) is 5.11. The highest BCUT2D eigenvalue weighted by Crippen LogP contribution is 1.84. The van der Waals surface area contributed by atoms with E-state index in [0.717, 1.165) is 32.0 Å². The molecule has 0 unspecified atom stereocenters. The van der Waals surface area contributed by atoms with Gasteiger partial charge in [0, 0.05) is 25.5 Å². The summed E-state index contributed by atoms with van der Waals surface area (Å²) in [6, 6.07) is 1.83. The van der Waals surface area contributed by atoms with Crippen LogP contribution in [0.5, 0.6) is 0 Å². The molecule has 0 aromatic carbocycles. The number of rotatable bonds is 7. The van der Waals surface area contributed by atoms with Crippen molar-refractivity contribution >= 4 is 0 Å². The summed E-state index contributed by atoms with van der Waals surface area (Å²) >= 11 is 0. The normalized spacial score (nSPS) is 10.4. The predicted molar refractivity (Wildman–Crippen MR) is 56.9 cm³/mol. The highest BCUT2D eigenvalue weighted by molar-refractivity contribution is 4.87. The monoisotopic (exact) mass is 194 g/mol. The fraction of sp³-hybridized carbons (Fsp3) is 0.600. The minimum Gasteiger partial charge on any atom is -0.315 e. The molecule has 14 heavy (non-hydrogen) atoms. The predicted octanol–water partition coefficient (Wildman–Crippen LogP) is 0.566. The van der Waals surface area contributed by atoms with Crippen molar-refractivity contribution in [1.29, 1.82) is 0 Å². The Bertz CT molecular complexity index is 225. The first-order valence-electron chi connectivity index (χ1n) is 5.11. The van der Waals surface area contributed by atoms with Crippen LogP contribution in [0.25, 0.3) is 0 Å². The maximum atomic E-state index is 4.12. The molecule has 0 saturated carbocycles. The summed E-state index contributed by atoms with van der Waals surface area (Å²) in [5.41, 5.74) is 0. The van der Waals surface area contributed by atoms with Crippen molar-refractivity contribution in [3.63, 3.8) is 0 Å². The van der Waals surface area contributed by atoms with Crippen molar-refractivity contribution in [2.75, 3.05) is 19.6 Å². The second-order valence-electron chi connectivity index (χ2n) is 3.09. The summed E-state index contributed by atoms with van der Waals surface area (Å²) in [4.78, 5) is 8.24. The van der Waals surface area contributed by atoms with Gasteiger partial charge in [0.05, 0.1) is 6.54 Å². The van der Waals surface area contributed by atoms with Gasteiger partial charge in [0.1, 0.15) is 5.82 Å². The van der Waals surface area contributed by atoms with Gasteiger partial charge >= 0.3 is 0 Å². The summed E-state index contributed by atoms with van der Waals surface area (Å²) in [5, 5.41) is 6.59. The summed E-state index contributed by atoms with van der Waals surface area (Å²) in [6.07, 6.45) is 4.71. The quantitative estimate of drug-likeness (QED) is 0.623. The van der Waals surface area contributed by atoms with Crippen LogP contribution in [0.4, 0.5) is 0 Å². The molecule has 0 aliphatic heterocycles. The van der Waals surface area contributed by atoms with Gasteiger partial charge in [0.2, 0.25) is 0 Å². The Morgan fingerprint density at radius 3 is 2.50 bits per heavy atom. The Labute approximate surface area is 85.2 Å². The largest absolute Gasteiger partial charge is 0.315 e. The van der Waals surface area contributed by atoms with Crippen LogP contribution in [0.1, 0.15) is 19.2 Å². The zero-order valence-corrected chi connectivity index (χ0v) is 8.66. The third kappa shape index (κ3) is 4.89. The van der Waals surface area contributed by atoms with Crippen LogP contribution in [-0.2, 0) is 6.54 Å². The van der Waals surface area contributed by atoms with Crippen molar-refractivity contribution in [1.82, 2.24) is 20.6 Å². The third-order valence-corrected chi connectivity index (χ3v) is 1.81. The second kappa shape index (κ2) is 7.41. The van der Waals surface area contributed by atoms with Gasteiger partial charge < -0.3 is 10.6 Å². The molecule has 0 aliphatic carbocycles. The summed E-state index contributed by atoms with van der Waals surface area (Å²) in [5.74, 6) is 0.850. The molecule has 1 aromatic heterocycles. The fourth-order valence-electron chi connectivity index (χ4n) is 1.10. The Kier molecular flexibility index (Phi) is 5.86. The summed E-state index contributed by atoms with van der Waals surface area (Å²) < 4.78 is 0. The SMILES string of the molecule is CCCNCCNCc1ncccn1. The van der Waals surface area contributed by atoms with Crippen LogP contribution in [0, 0.1) is 0 Å². The smallest absolute Gasteiger partial charge is 0.141 e. The molecule has 0 radical (unpaired) electrons. The van der Waals surface area contributed by atoms with E-state index >= 15 is 0 Å². The Morgan fingerprint density at radius 1 is 1.07 bits per heavy atom. The van der Waals surface area contributed by atoms with Gasteiger partial charge in [-0.1, -0.05) is 6.92 Å². The van der Waals surface area contributed by atoms with Crippen LogP contribution < -0.4 is 10.6 Å². The van der Waals surface area contributed by atoms with E-state index in [1.165, 1.54) is 6.42 Å². The average Bonchev–Trinajstić information content (AvgIpc) is 2.25. The molecule has 1 rings (SSSR count). The van der Waals surface area contributed by atoms with Crippen LogP contribution >= 0.6 is 0 Å². The van der Waals surface area contributed by atoms with E-state index in [1.807, 2.05) is 6.07 Å². The van der Waals surface area contributed by atoms with Crippen molar-refractivity contribution < 1.29 is 0 Å². The van der Waals surface area contributed by atoms with E-state index in [-0.39, 0.29) is 0 Å². The molecule has 1 aromatic rings. The molecule has 0 spiro atoms. The first kappa shape index (κ1) is 11.1. The van der Waals surface area contributed by atoms with E-state index in [9.17, 15) is 0 Å². The molecule has 0 amide bonds. The second-order valence-corrected chi connectivity index (χ2v) is 3.09. The van der Waals surface area contributed by atoms with Crippen molar-refractivity contribution in [3.8, 4) is 0 Å². The molecule has 4 nitrogen and oxygen atoms in total. The number of nitrogens with zero attached hydrogens (tertiary/aromatic N) is 2. The lowest BCUT2D eigenvalue weighted by atomic mass is 10.4. The number of hydrogen-bond acceptors (Lipinski definition) is 4. The Hall–Kier alpha value is -1.00. The number of hydrogen-bond donors (Lipinski definition) is 2. The lowest BCUT2D eigenvalue weighted by Crippen LogP contribution is -2.27.